The minimum Gasteiger partial charge on any atom is -0.368 e. The van der Waals surface area contributed by atoms with E-state index < -0.39 is 12.1 Å². The molecule has 2 aliphatic rings. The van der Waals surface area contributed by atoms with Gasteiger partial charge in [-0.3, -0.25) is 0 Å². The standard InChI is InChI=1S/C43H44ClN17O2S2/c1-25-21-29(7-9-31(25)52-54-42-56(3)33-11-5-27(47-38(45)62)23-35(33)64-42)58-13-17-60(18-14-58)40-49-37(44)50-41(51-40)61-19-15-59(16-20-61)30-8-10-32(26(2)22-30)53-55-43-57(4)34-12-6-28(48-39(46)63)24-36(34)65-43/h5-12,21-24H,13-20H2,1-4H3,(H4-2,45,46,47,48,52,53,62,63)/p+2. The molecule has 7 aromatic rings. The number of nitrogens with zero attached hydrogens (tertiary/aromatic N) is 13. The Balaban J connectivity index is 0.789. The molecule has 2 saturated heterocycles. The number of halogens is 1. The molecule has 0 bridgehead atoms. The minimum atomic E-state index is -0.606. The molecule has 0 spiro atoms. The first-order valence-electron chi connectivity index (χ1n) is 20.8. The van der Waals surface area contributed by atoms with Crippen LogP contribution in [0.15, 0.2) is 93.3 Å². The molecule has 65 heavy (non-hydrogen) atoms. The number of nitrogens with one attached hydrogen (secondary N) is 2. The van der Waals surface area contributed by atoms with Crippen LogP contribution in [-0.4, -0.2) is 79.4 Å². The van der Waals surface area contributed by atoms with Crippen LogP contribution in [0.1, 0.15) is 11.1 Å². The molecular weight excluding hydrogens is 886 g/mol. The van der Waals surface area contributed by atoms with Gasteiger partial charge in [-0.25, -0.2) is 18.7 Å². The molecule has 2 fully saturated rings. The molecule has 0 atom stereocenters. The summed E-state index contributed by atoms with van der Waals surface area (Å²) in [5, 5.41) is 25.2. The van der Waals surface area contributed by atoms with Gasteiger partial charge >= 0.3 is 22.3 Å². The monoisotopic (exact) mass is 931 g/mol. The summed E-state index contributed by atoms with van der Waals surface area (Å²) < 4.78 is 5.87. The van der Waals surface area contributed by atoms with E-state index in [2.05, 4.69) is 84.9 Å². The number of amides is 4. The molecule has 0 radical (unpaired) electrons. The molecule has 6 N–H and O–H groups in total. The van der Waals surface area contributed by atoms with Gasteiger partial charge in [-0.1, -0.05) is 0 Å². The Hall–Kier alpha value is -7.10. The largest absolute Gasteiger partial charge is 0.409 e. The Morgan fingerprint density at radius 2 is 0.985 bits per heavy atom. The van der Waals surface area contributed by atoms with E-state index in [-0.39, 0.29) is 5.28 Å². The van der Waals surface area contributed by atoms with Gasteiger partial charge in [0.2, 0.25) is 17.2 Å². The number of piperazine rings is 2. The molecular formula is C43H46ClN17O2S2+2. The average Bonchev–Trinajstić information content (AvgIpc) is 3.78. The zero-order valence-electron chi connectivity index (χ0n) is 36.1. The first-order valence-corrected chi connectivity index (χ1v) is 22.8. The van der Waals surface area contributed by atoms with E-state index in [1.165, 1.54) is 22.7 Å². The first kappa shape index (κ1) is 43.2. The number of azo groups is 2. The van der Waals surface area contributed by atoms with E-state index in [4.69, 9.17) is 28.1 Å². The summed E-state index contributed by atoms with van der Waals surface area (Å²) in [6.07, 6.45) is 0. The summed E-state index contributed by atoms with van der Waals surface area (Å²) in [4.78, 5) is 45.6. The van der Waals surface area contributed by atoms with Crippen molar-refractivity contribution < 1.29 is 18.7 Å². The van der Waals surface area contributed by atoms with E-state index in [0.717, 1.165) is 117 Å². The highest BCUT2D eigenvalue weighted by Crippen LogP contribution is 2.34. The van der Waals surface area contributed by atoms with Crippen LogP contribution in [0.4, 0.5) is 65.9 Å². The summed E-state index contributed by atoms with van der Waals surface area (Å²) in [6, 6.07) is 22.5. The lowest BCUT2D eigenvalue weighted by Gasteiger charge is -2.38. The van der Waals surface area contributed by atoms with Crippen molar-refractivity contribution in [3.05, 3.63) is 89.2 Å². The van der Waals surface area contributed by atoms with Crippen molar-refractivity contribution in [2.45, 2.75) is 13.8 Å². The minimum absolute atomic E-state index is 0.179. The van der Waals surface area contributed by atoms with E-state index in [1.807, 2.05) is 85.6 Å². The van der Waals surface area contributed by atoms with Gasteiger partial charge in [-0.15, -0.1) is 0 Å². The molecule has 4 amide bonds. The first-order chi connectivity index (χ1) is 31.3. The normalized spacial score (nSPS) is 14.7. The van der Waals surface area contributed by atoms with Crippen LogP contribution in [0.2, 0.25) is 5.28 Å². The predicted molar refractivity (Wildman–Crippen MR) is 257 cm³/mol. The summed E-state index contributed by atoms with van der Waals surface area (Å²) in [7, 11) is 3.88. The molecule has 3 aromatic heterocycles. The number of hydrogen-bond acceptors (Lipinski definition) is 15. The third kappa shape index (κ3) is 9.42. The molecule has 19 nitrogen and oxygen atoms in total. The molecule has 332 valence electrons. The number of primary amides is 2. The van der Waals surface area contributed by atoms with E-state index in [0.29, 0.717) is 23.3 Å². The van der Waals surface area contributed by atoms with Crippen LogP contribution in [0, 0.1) is 13.8 Å². The highest BCUT2D eigenvalue weighted by Gasteiger charge is 2.26. The van der Waals surface area contributed by atoms with E-state index in [9.17, 15) is 9.59 Å². The third-order valence-electron chi connectivity index (χ3n) is 11.4. The van der Waals surface area contributed by atoms with Crippen LogP contribution in [0.3, 0.4) is 0 Å². The third-order valence-corrected chi connectivity index (χ3v) is 13.8. The van der Waals surface area contributed by atoms with Crippen molar-refractivity contribution in [1.29, 1.82) is 0 Å². The number of fused-ring (bicyclic) bond motifs is 2. The number of benzene rings is 4. The maximum absolute atomic E-state index is 11.3. The molecule has 0 saturated carbocycles. The van der Waals surface area contributed by atoms with Crippen LogP contribution < -0.4 is 50.8 Å². The Bertz CT molecular complexity index is 2830. The number of nitrogens with two attached hydrogens (primary N) is 2. The Kier molecular flexibility index (Phi) is 12.1. The van der Waals surface area contributed by atoms with Gasteiger partial charge in [0.1, 0.15) is 22.4 Å². The van der Waals surface area contributed by atoms with Gasteiger partial charge in [0.15, 0.2) is 0 Å². The van der Waals surface area contributed by atoms with E-state index >= 15 is 0 Å². The number of carbonyl (C=O) groups is 2. The van der Waals surface area contributed by atoms with Crippen molar-refractivity contribution in [1.82, 2.24) is 15.0 Å². The lowest BCUT2D eigenvalue weighted by molar-refractivity contribution is -0.628. The second-order valence-corrected chi connectivity index (χ2v) is 18.1. The number of aryl methyl sites for hydroxylation is 4. The summed E-state index contributed by atoms with van der Waals surface area (Å²) in [5.41, 5.74) is 19.6. The Labute approximate surface area is 386 Å². The van der Waals surface area contributed by atoms with Gasteiger partial charge in [-0.2, -0.15) is 15.0 Å². The molecule has 0 aliphatic carbocycles. The molecule has 4 aromatic carbocycles. The van der Waals surface area contributed by atoms with E-state index in [1.54, 1.807) is 0 Å². The maximum Gasteiger partial charge on any atom is 0.409 e. The smallest absolute Gasteiger partial charge is 0.368 e. The molecule has 22 heteroatoms. The second-order valence-electron chi connectivity index (χ2n) is 15.7. The molecule has 5 heterocycles. The average molecular weight is 933 g/mol. The fourth-order valence-corrected chi connectivity index (χ4v) is 10.1. The lowest BCUT2D eigenvalue weighted by Crippen LogP contribution is -2.48. The SMILES string of the molecule is Cc1cc(N2CCN(c3nc(Cl)nc(N4CCN(c5ccc(/N=N/c6sc7cc(NC(N)=O)ccc7[n+]6C)c(C)c5)CC4)n3)CC2)ccc1/N=N/c1sc2cc(NC(N)=O)ccc2[n+]1C. The highest BCUT2D eigenvalue weighted by molar-refractivity contribution is 7.21. The number of hydrogen-bond donors (Lipinski definition) is 4. The lowest BCUT2D eigenvalue weighted by atomic mass is 10.1. The van der Waals surface area contributed by atoms with Crippen LogP contribution >= 0.6 is 34.3 Å². The van der Waals surface area contributed by atoms with Gasteiger partial charge in [0.25, 0.3) is 0 Å². The topological polar surface area (TPSA) is 219 Å². The zero-order valence-corrected chi connectivity index (χ0v) is 38.5. The van der Waals surface area contributed by atoms with Crippen LogP contribution in [0.25, 0.3) is 20.4 Å². The predicted octanol–water partition coefficient (Wildman–Crippen LogP) is 7.69. The highest BCUT2D eigenvalue weighted by atomic mass is 35.5. The maximum atomic E-state index is 11.3. The Morgan fingerprint density at radius 1 is 0.585 bits per heavy atom. The quantitative estimate of drug-likeness (QED) is 0.0780. The zero-order chi connectivity index (χ0) is 45.4. The Morgan fingerprint density at radius 3 is 1.37 bits per heavy atom. The van der Waals surface area contributed by atoms with Gasteiger partial charge < -0.3 is 41.7 Å². The number of thiazole rings is 2. The van der Waals surface area contributed by atoms with Crippen molar-refractivity contribution >= 4 is 123 Å². The summed E-state index contributed by atoms with van der Waals surface area (Å²) in [6.45, 7) is 10.1. The number of aromatic nitrogens is 5. The number of carbonyl (C=O) groups excluding carboxylic acids is 2. The van der Waals surface area contributed by atoms with Crippen molar-refractivity contribution in [2.75, 3.05) is 82.6 Å². The molecule has 2 aliphatic heterocycles. The number of rotatable bonds is 10. The molecule has 0 unspecified atom stereocenters. The fraction of sp³-hybridized carbons (Fsp3) is 0.279. The number of anilines is 6. The van der Waals surface area contributed by atoms with Gasteiger partial charge in [0.05, 0.1) is 33.7 Å². The van der Waals surface area contributed by atoms with Crippen molar-refractivity contribution in [2.24, 2.45) is 46.0 Å². The summed E-state index contributed by atoms with van der Waals surface area (Å²) in [5.74, 6) is 1.16. The molecule has 9 rings (SSSR count). The number of urea groups is 2. The fourth-order valence-electron chi connectivity index (χ4n) is 7.93. The van der Waals surface area contributed by atoms with Crippen molar-refractivity contribution in [3.8, 4) is 0 Å². The van der Waals surface area contributed by atoms with Crippen LogP contribution in [-0.2, 0) is 14.1 Å². The van der Waals surface area contributed by atoms with Gasteiger partial charge in [0, 0.05) is 75.1 Å². The van der Waals surface area contributed by atoms with Gasteiger partial charge in [-0.05, 0) is 142 Å². The van der Waals surface area contributed by atoms with Crippen molar-refractivity contribution in [3.63, 3.8) is 0 Å². The second kappa shape index (κ2) is 18.2. The summed E-state index contributed by atoms with van der Waals surface area (Å²) >= 11 is 9.50. The van der Waals surface area contributed by atoms with Crippen LogP contribution in [0.5, 0.6) is 0 Å².